The largest absolute Gasteiger partial charge is 0.462 e. The molecule has 2 aromatic heterocycles. The highest BCUT2D eigenvalue weighted by atomic mass is 19.1. The molecule has 7 rings (SSSR count). The molecule has 0 radical (unpaired) electrons. The molecule has 10 nitrogen and oxygen atoms in total. The summed E-state index contributed by atoms with van der Waals surface area (Å²) in [6.45, 7) is 4.47. The number of aryl methyl sites for hydroxylation is 1. The Kier molecular flexibility index (Phi) is 9.22. The number of anilines is 1. The number of benzene rings is 3. The van der Waals surface area contributed by atoms with Crippen molar-refractivity contribution in [2.24, 2.45) is 0 Å². The number of halogens is 1. The number of ether oxygens (including phenoxy) is 2. The Morgan fingerprint density at radius 2 is 1.84 bits per heavy atom. The van der Waals surface area contributed by atoms with Crippen molar-refractivity contribution < 1.29 is 18.7 Å². The minimum absolute atomic E-state index is 0.0782. The second kappa shape index (κ2) is 14.0. The number of carbonyl (C=O) groups excluding carboxylic acids is 1. The average molecular weight is 660 g/mol. The van der Waals surface area contributed by atoms with Gasteiger partial charge in [-0.15, -0.1) is 0 Å². The van der Waals surface area contributed by atoms with Crippen LogP contribution in [0.1, 0.15) is 30.4 Å². The molecule has 2 aliphatic heterocycles. The zero-order chi connectivity index (χ0) is 33.9. The highest BCUT2D eigenvalue weighted by molar-refractivity contribution is 6.00. The molecular weight excluding hydrogens is 621 g/mol. The van der Waals surface area contributed by atoms with E-state index in [4.69, 9.17) is 14.5 Å². The number of rotatable bonds is 8. The number of hydrogen-bond acceptors (Lipinski definition) is 9. The molecule has 250 valence electrons. The van der Waals surface area contributed by atoms with Gasteiger partial charge in [-0.05, 0) is 55.3 Å². The fraction of sp³-hybridized carbons (Fsp3) is 0.342. The number of carbonyl (C=O) groups is 1. The van der Waals surface area contributed by atoms with Gasteiger partial charge in [0.2, 0.25) is 0 Å². The molecule has 11 heteroatoms. The number of aromatic nitrogens is 3. The first kappa shape index (κ1) is 32.2. The van der Waals surface area contributed by atoms with Gasteiger partial charge in [-0.25, -0.2) is 9.18 Å². The van der Waals surface area contributed by atoms with Gasteiger partial charge in [0, 0.05) is 37.4 Å². The molecule has 2 saturated heterocycles. The van der Waals surface area contributed by atoms with E-state index in [9.17, 15) is 10.1 Å². The first-order valence-corrected chi connectivity index (χ1v) is 16.7. The first-order valence-electron chi connectivity index (χ1n) is 16.7. The highest BCUT2D eigenvalue weighted by Crippen LogP contribution is 2.36. The SMILES string of the molecule is Cc1cccc2cccc(-c3ncc4c(N5CCN(C(=O)OCc6ccccc6)[C@@H](CC#N)C5)nc(OC[C@H]5CCCN5C)nc4c3F)c12. The Hall–Kier alpha value is -5.34. The molecule has 5 aromatic rings. The lowest BCUT2D eigenvalue weighted by atomic mass is 9.97. The molecule has 0 aliphatic carbocycles. The van der Waals surface area contributed by atoms with E-state index < -0.39 is 18.0 Å². The summed E-state index contributed by atoms with van der Waals surface area (Å²) < 4.78 is 28.6. The molecule has 3 aromatic carbocycles. The number of piperazine rings is 1. The molecule has 2 aliphatic rings. The molecule has 0 N–H and O–H groups in total. The van der Waals surface area contributed by atoms with E-state index in [-0.39, 0.29) is 49.4 Å². The van der Waals surface area contributed by atoms with Crippen LogP contribution in [-0.2, 0) is 11.3 Å². The van der Waals surface area contributed by atoms with Gasteiger partial charge in [-0.1, -0.05) is 66.7 Å². The van der Waals surface area contributed by atoms with E-state index in [1.54, 1.807) is 11.1 Å². The lowest BCUT2D eigenvalue weighted by Gasteiger charge is -2.40. The Labute approximate surface area is 284 Å². The molecular formula is C38H38FN7O3. The number of nitrogens with zero attached hydrogens (tertiary/aromatic N) is 7. The summed E-state index contributed by atoms with van der Waals surface area (Å²) in [5.74, 6) is -0.108. The van der Waals surface area contributed by atoms with Crippen LogP contribution in [0.4, 0.5) is 15.0 Å². The maximum atomic E-state index is 16.8. The van der Waals surface area contributed by atoms with Crippen molar-refractivity contribution in [3.63, 3.8) is 0 Å². The van der Waals surface area contributed by atoms with Gasteiger partial charge in [-0.2, -0.15) is 15.2 Å². The van der Waals surface area contributed by atoms with Crippen molar-refractivity contribution in [3.8, 4) is 23.3 Å². The second-order valence-corrected chi connectivity index (χ2v) is 12.8. The Balaban J connectivity index is 1.24. The topological polar surface area (TPSA) is 108 Å². The van der Waals surface area contributed by atoms with Gasteiger partial charge in [0.15, 0.2) is 5.82 Å². The fourth-order valence-corrected chi connectivity index (χ4v) is 6.97. The number of nitriles is 1. The van der Waals surface area contributed by atoms with E-state index in [0.29, 0.717) is 29.9 Å². The summed E-state index contributed by atoms with van der Waals surface area (Å²) >= 11 is 0. The van der Waals surface area contributed by atoms with Crippen LogP contribution in [-0.4, -0.2) is 82.8 Å². The van der Waals surface area contributed by atoms with E-state index in [2.05, 4.69) is 28.0 Å². The summed E-state index contributed by atoms with van der Waals surface area (Å²) in [5.41, 5.74) is 2.89. The summed E-state index contributed by atoms with van der Waals surface area (Å²) in [6.07, 6.45) is 3.31. The van der Waals surface area contributed by atoms with E-state index in [1.165, 1.54) is 0 Å². The number of likely N-dealkylation sites (tertiary alicyclic amines) is 1. The summed E-state index contributed by atoms with van der Waals surface area (Å²) in [6, 6.07) is 23.3. The molecule has 0 spiro atoms. The third-order valence-electron chi connectivity index (χ3n) is 9.64. The van der Waals surface area contributed by atoms with E-state index >= 15 is 4.39 Å². The van der Waals surface area contributed by atoms with Crippen LogP contribution < -0.4 is 9.64 Å². The molecule has 2 atom stereocenters. The monoisotopic (exact) mass is 659 g/mol. The lowest BCUT2D eigenvalue weighted by molar-refractivity contribution is 0.0768. The zero-order valence-corrected chi connectivity index (χ0v) is 27.7. The number of fused-ring (bicyclic) bond motifs is 2. The van der Waals surface area contributed by atoms with E-state index in [0.717, 1.165) is 41.3 Å². The van der Waals surface area contributed by atoms with Crippen molar-refractivity contribution in [3.05, 3.63) is 89.9 Å². The van der Waals surface area contributed by atoms with Crippen molar-refractivity contribution in [1.82, 2.24) is 24.8 Å². The maximum absolute atomic E-state index is 16.8. The smallest absolute Gasteiger partial charge is 0.410 e. The van der Waals surface area contributed by atoms with Gasteiger partial charge in [0.25, 0.3) is 0 Å². The van der Waals surface area contributed by atoms with Crippen molar-refractivity contribution in [1.29, 1.82) is 5.26 Å². The quantitative estimate of drug-likeness (QED) is 0.184. The first-order chi connectivity index (χ1) is 23.9. The third kappa shape index (κ3) is 6.56. The highest BCUT2D eigenvalue weighted by Gasteiger charge is 2.34. The van der Waals surface area contributed by atoms with Crippen LogP contribution in [0.5, 0.6) is 6.01 Å². The van der Waals surface area contributed by atoms with Crippen LogP contribution in [0.25, 0.3) is 32.9 Å². The molecule has 2 fully saturated rings. The Morgan fingerprint density at radius 3 is 2.61 bits per heavy atom. The predicted octanol–water partition coefficient (Wildman–Crippen LogP) is 6.51. The molecule has 0 bridgehead atoms. The standard InChI is InChI=1S/C38H38FN7O3/c1-25-9-6-12-27-13-7-15-30(32(25)27)34-33(39)35-31(21-41-34)36(43-37(42-35)48-24-29-14-8-18-44(29)2)45-19-20-46(28(22-45)16-17-40)38(47)49-23-26-10-4-3-5-11-26/h3-7,9-13,15,21,28-29H,8,14,16,18-20,22-24H2,1-2H3/t28-,29+/m0/s1. The van der Waals surface area contributed by atoms with Crippen molar-refractivity contribution >= 4 is 33.6 Å². The summed E-state index contributed by atoms with van der Waals surface area (Å²) in [7, 11) is 2.07. The number of amides is 1. The van der Waals surface area contributed by atoms with Crippen LogP contribution in [0.3, 0.4) is 0 Å². The van der Waals surface area contributed by atoms with Crippen LogP contribution in [0.15, 0.2) is 72.9 Å². The van der Waals surface area contributed by atoms with Crippen LogP contribution in [0, 0.1) is 24.1 Å². The van der Waals surface area contributed by atoms with Crippen LogP contribution >= 0.6 is 0 Å². The van der Waals surface area contributed by atoms with Gasteiger partial charge in [0.05, 0.1) is 23.9 Å². The summed E-state index contributed by atoms with van der Waals surface area (Å²) in [4.78, 5) is 33.1. The summed E-state index contributed by atoms with van der Waals surface area (Å²) in [5, 5.41) is 12.1. The minimum atomic E-state index is -0.559. The minimum Gasteiger partial charge on any atom is -0.462 e. The Morgan fingerprint density at radius 1 is 1.02 bits per heavy atom. The lowest BCUT2D eigenvalue weighted by Crippen LogP contribution is -2.55. The molecule has 0 unspecified atom stereocenters. The average Bonchev–Trinajstić information content (AvgIpc) is 3.54. The van der Waals surface area contributed by atoms with Gasteiger partial charge >= 0.3 is 12.1 Å². The van der Waals surface area contributed by atoms with Crippen molar-refractivity contribution in [2.75, 3.05) is 44.7 Å². The zero-order valence-electron chi connectivity index (χ0n) is 27.7. The third-order valence-corrected chi connectivity index (χ3v) is 9.64. The van der Waals surface area contributed by atoms with Gasteiger partial charge in [0.1, 0.15) is 30.2 Å². The van der Waals surface area contributed by atoms with Crippen molar-refractivity contribution in [2.45, 2.75) is 44.9 Å². The van der Waals surface area contributed by atoms with Gasteiger partial charge < -0.3 is 24.2 Å². The van der Waals surface area contributed by atoms with Crippen LogP contribution in [0.2, 0.25) is 0 Å². The molecule has 49 heavy (non-hydrogen) atoms. The molecule has 4 heterocycles. The molecule has 1 amide bonds. The normalized spacial score (nSPS) is 18.2. The molecule has 0 saturated carbocycles. The van der Waals surface area contributed by atoms with Gasteiger partial charge in [-0.3, -0.25) is 4.98 Å². The maximum Gasteiger partial charge on any atom is 0.410 e. The number of hydrogen-bond donors (Lipinski definition) is 0. The Bertz CT molecular complexity index is 2030. The van der Waals surface area contributed by atoms with E-state index in [1.807, 2.05) is 78.6 Å². The number of pyridine rings is 1. The fourth-order valence-electron chi connectivity index (χ4n) is 6.97. The predicted molar refractivity (Wildman–Crippen MR) is 186 cm³/mol. The second-order valence-electron chi connectivity index (χ2n) is 12.8. The number of likely N-dealkylation sites (N-methyl/N-ethyl adjacent to an activating group) is 1.